The third-order valence-electron chi connectivity index (χ3n) is 3.82. The van der Waals surface area contributed by atoms with Crippen molar-refractivity contribution in [1.29, 1.82) is 0 Å². The van der Waals surface area contributed by atoms with Gasteiger partial charge in [0.15, 0.2) is 0 Å². The molecule has 0 N–H and O–H groups in total. The van der Waals surface area contributed by atoms with Gasteiger partial charge in [0.1, 0.15) is 15.7 Å². The van der Waals surface area contributed by atoms with Crippen molar-refractivity contribution in [3.05, 3.63) is 30.5 Å². The fourth-order valence-electron chi connectivity index (χ4n) is 2.94. The van der Waals surface area contributed by atoms with Crippen LogP contribution < -0.4 is 4.90 Å². The van der Waals surface area contributed by atoms with Crippen molar-refractivity contribution in [3.63, 3.8) is 0 Å². The van der Waals surface area contributed by atoms with Crippen molar-refractivity contribution in [2.45, 2.75) is 12.8 Å². The lowest BCUT2D eigenvalue weighted by Crippen LogP contribution is -2.38. The molecule has 2 heterocycles. The van der Waals surface area contributed by atoms with Gasteiger partial charge in [-0.2, -0.15) is 0 Å². The third-order valence-corrected chi connectivity index (χ3v) is 4.89. The summed E-state index contributed by atoms with van der Waals surface area (Å²) in [6.07, 6.45) is 5.05. The molecule has 1 unspecified atom stereocenters. The number of sulfone groups is 1. The Morgan fingerprint density at radius 2 is 2.05 bits per heavy atom. The van der Waals surface area contributed by atoms with E-state index < -0.39 is 9.84 Å². The van der Waals surface area contributed by atoms with Crippen LogP contribution in [-0.4, -0.2) is 43.5 Å². The lowest BCUT2D eigenvalue weighted by molar-refractivity contribution is 0.442. The summed E-state index contributed by atoms with van der Waals surface area (Å²) in [5.74, 6) is 1.28. The summed E-state index contributed by atoms with van der Waals surface area (Å²) in [4.78, 5) is 11.2. The first-order valence-electron chi connectivity index (χ1n) is 7.16. The average molecular weight is 305 g/mol. The van der Waals surface area contributed by atoms with Crippen LogP contribution in [0, 0.1) is 5.92 Å². The monoisotopic (exact) mass is 305 g/mol. The second-order valence-corrected chi connectivity index (χ2v) is 7.95. The Labute approximate surface area is 124 Å². The van der Waals surface area contributed by atoms with Gasteiger partial charge in [0, 0.05) is 19.3 Å². The van der Waals surface area contributed by atoms with Crippen molar-refractivity contribution >= 4 is 26.7 Å². The molecule has 112 valence electrons. The summed E-state index contributed by atoms with van der Waals surface area (Å²) < 4.78 is 22.9. The molecule has 1 fully saturated rings. The van der Waals surface area contributed by atoms with E-state index in [1.54, 1.807) is 6.20 Å². The normalized spacial score (nSPS) is 19.9. The van der Waals surface area contributed by atoms with Gasteiger partial charge in [0.2, 0.25) is 0 Å². The van der Waals surface area contributed by atoms with Gasteiger partial charge in [-0.1, -0.05) is 12.1 Å². The fourth-order valence-corrected chi connectivity index (χ4v) is 4.07. The predicted octanol–water partition coefficient (Wildman–Crippen LogP) is 1.89. The van der Waals surface area contributed by atoms with Crippen molar-refractivity contribution < 1.29 is 8.42 Å². The lowest BCUT2D eigenvalue weighted by atomic mass is 10.0. The Bertz CT molecular complexity index is 745. The van der Waals surface area contributed by atoms with Gasteiger partial charge in [0.05, 0.1) is 23.0 Å². The van der Waals surface area contributed by atoms with Gasteiger partial charge in [-0.3, -0.25) is 4.98 Å². The van der Waals surface area contributed by atoms with Crippen LogP contribution in [0.5, 0.6) is 0 Å². The first kappa shape index (κ1) is 14.3. The van der Waals surface area contributed by atoms with E-state index in [1.807, 2.05) is 24.3 Å². The maximum Gasteiger partial charge on any atom is 0.147 e. The molecule has 0 saturated carbocycles. The standard InChI is InChI=1S/C15H19N3O2S/c1-21(19,20)11-12-5-4-8-18(10-12)15-9-16-13-6-2-3-7-14(13)17-15/h2-3,6-7,9,12H,4-5,8,10-11H2,1H3. The molecule has 2 aromatic rings. The number of hydrogen-bond donors (Lipinski definition) is 0. The van der Waals surface area contributed by atoms with Crippen LogP contribution in [0.3, 0.4) is 0 Å². The third kappa shape index (κ3) is 3.50. The number of para-hydroxylation sites is 2. The van der Waals surface area contributed by atoms with E-state index in [-0.39, 0.29) is 11.7 Å². The van der Waals surface area contributed by atoms with Crippen LogP contribution in [0.2, 0.25) is 0 Å². The highest BCUT2D eigenvalue weighted by atomic mass is 32.2. The zero-order valence-corrected chi connectivity index (χ0v) is 12.9. The smallest absolute Gasteiger partial charge is 0.147 e. The van der Waals surface area contributed by atoms with Gasteiger partial charge in [-0.05, 0) is 30.9 Å². The lowest BCUT2D eigenvalue weighted by Gasteiger charge is -2.33. The van der Waals surface area contributed by atoms with E-state index in [0.29, 0.717) is 0 Å². The molecule has 1 atom stereocenters. The minimum atomic E-state index is -2.93. The summed E-state index contributed by atoms with van der Waals surface area (Å²) >= 11 is 0. The Morgan fingerprint density at radius 1 is 1.29 bits per heavy atom. The summed E-state index contributed by atoms with van der Waals surface area (Å²) in [5, 5.41) is 0. The molecule has 0 radical (unpaired) electrons. The molecule has 1 aromatic heterocycles. The molecule has 21 heavy (non-hydrogen) atoms. The Balaban J connectivity index is 1.81. The molecule has 0 spiro atoms. The minimum Gasteiger partial charge on any atom is -0.355 e. The van der Waals surface area contributed by atoms with Crippen LogP contribution in [0.4, 0.5) is 5.82 Å². The van der Waals surface area contributed by atoms with Crippen LogP contribution in [0.1, 0.15) is 12.8 Å². The molecule has 0 amide bonds. The number of aromatic nitrogens is 2. The van der Waals surface area contributed by atoms with Crippen LogP contribution >= 0.6 is 0 Å². The molecule has 3 rings (SSSR count). The molecular formula is C15H19N3O2S. The molecule has 0 aliphatic carbocycles. The van der Waals surface area contributed by atoms with Gasteiger partial charge in [-0.15, -0.1) is 0 Å². The Hall–Kier alpha value is -1.69. The number of nitrogens with zero attached hydrogens (tertiary/aromatic N) is 3. The van der Waals surface area contributed by atoms with E-state index in [9.17, 15) is 8.42 Å². The van der Waals surface area contributed by atoms with Crippen LogP contribution in [0.25, 0.3) is 11.0 Å². The van der Waals surface area contributed by atoms with Gasteiger partial charge in [0.25, 0.3) is 0 Å². The van der Waals surface area contributed by atoms with E-state index in [2.05, 4.69) is 14.9 Å². The van der Waals surface area contributed by atoms with Gasteiger partial charge < -0.3 is 4.90 Å². The second-order valence-electron chi connectivity index (χ2n) is 5.76. The first-order valence-corrected chi connectivity index (χ1v) is 9.22. The molecule has 1 saturated heterocycles. The molecule has 0 bridgehead atoms. The number of fused-ring (bicyclic) bond motifs is 1. The largest absolute Gasteiger partial charge is 0.355 e. The summed E-state index contributed by atoms with van der Waals surface area (Å²) in [7, 11) is -2.93. The van der Waals surface area contributed by atoms with Crippen LogP contribution in [-0.2, 0) is 9.84 Å². The van der Waals surface area contributed by atoms with E-state index in [0.717, 1.165) is 42.8 Å². The van der Waals surface area contributed by atoms with Gasteiger partial charge in [-0.25, -0.2) is 13.4 Å². The Morgan fingerprint density at radius 3 is 2.81 bits per heavy atom. The van der Waals surface area contributed by atoms with Crippen LogP contribution in [0.15, 0.2) is 30.5 Å². The van der Waals surface area contributed by atoms with Crippen molar-refractivity contribution in [3.8, 4) is 0 Å². The maximum absolute atomic E-state index is 11.5. The molecule has 6 heteroatoms. The van der Waals surface area contributed by atoms with E-state index in [4.69, 9.17) is 0 Å². The molecule has 5 nitrogen and oxygen atoms in total. The van der Waals surface area contributed by atoms with E-state index in [1.165, 1.54) is 6.26 Å². The predicted molar refractivity (Wildman–Crippen MR) is 84.2 cm³/mol. The van der Waals surface area contributed by atoms with Gasteiger partial charge >= 0.3 is 0 Å². The number of piperidine rings is 1. The highest BCUT2D eigenvalue weighted by molar-refractivity contribution is 7.90. The summed E-state index contributed by atoms with van der Waals surface area (Å²) in [6, 6.07) is 7.78. The number of hydrogen-bond acceptors (Lipinski definition) is 5. The average Bonchev–Trinajstić information content (AvgIpc) is 2.45. The highest BCUT2D eigenvalue weighted by Gasteiger charge is 2.24. The zero-order chi connectivity index (χ0) is 14.9. The topological polar surface area (TPSA) is 63.2 Å². The molecule has 1 aliphatic rings. The fraction of sp³-hybridized carbons (Fsp3) is 0.467. The Kier molecular flexibility index (Phi) is 3.80. The van der Waals surface area contributed by atoms with Crippen molar-refractivity contribution in [2.24, 2.45) is 5.92 Å². The quantitative estimate of drug-likeness (QED) is 0.866. The second kappa shape index (κ2) is 5.60. The molecule has 1 aliphatic heterocycles. The van der Waals surface area contributed by atoms with Crippen molar-refractivity contribution in [1.82, 2.24) is 9.97 Å². The number of rotatable bonds is 3. The van der Waals surface area contributed by atoms with Crippen molar-refractivity contribution in [2.75, 3.05) is 30.0 Å². The zero-order valence-electron chi connectivity index (χ0n) is 12.1. The first-order chi connectivity index (χ1) is 10.0. The molecule has 1 aromatic carbocycles. The SMILES string of the molecule is CS(=O)(=O)CC1CCCN(c2cnc3ccccc3n2)C1. The minimum absolute atomic E-state index is 0.182. The highest BCUT2D eigenvalue weighted by Crippen LogP contribution is 2.23. The summed E-state index contributed by atoms with van der Waals surface area (Å²) in [6.45, 7) is 1.65. The van der Waals surface area contributed by atoms with E-state index >= 15 is 0 Å². The maximum atomic E-state index is 11.5. The number of benzene rings is 1. The number of anilines is 1. The molecular weight excluding hydrogens is 286 g/mol. The summed E-state index contributed by atoms with van der Waals surface area (Å²) in [5.41, 5.74) is 1.76.